The van der Waals surface area contributed by atoms with Gasteiger partial charge in [0.25, 0.3) is 0 Å². The molecule has 0 fully saturated rings. The van der Waals surface area contributed by atoms with Crippen LogP contribution in [0.2, 0.25) is 0 Å². The number of carbonyl (C=O) groups is 1. The van der Waals surface area contributed by atoms with Crippen molar-refractivity contribution in [1.82, 2.24) is 5.32 Å². The van der Waals surface area contributed by atoms with Gasteiger partial charge in [0.1, 0.15) is 6.04 Å². The Morgan fingerprint density at radius 2 is 1.94 bits per heavy atom. The number of phenolic OH excluding ortho intramolecular Hbond substituents is 2. The number of phenols is 2. The van der Waals surface area contributed by atoms with Crippen molar-refractivity contribution in [3.8, 4) is 11.5 Å². The van der Waals surface area contributed by atoms with Gasteiger partial charge in [-0.3, -0.25) is 10.1 Å². The van der Waals surface area contributed by atoms with Gasteiger partial charge in [-0.15, -0.1) is 0 Å². The van der Waals surface area contributed by atoms with Crippen LogP contribution in [0.3, 0.4) is 0 Å². The third kappa shape index (κ3) is 1.93. The third-order valence-electron chi connectivity index (χ3n) is 3.13. The lowest BCUT2D eigenvalue weighted by atomic mass is 9.82. The van der Waals surface area contributed by atoms with Crippen LogP contribution in [0.4, 0.5) is 0 Å². The Balaban J connectivity index is 2.52. The molecular formula is C12H15NO4. The summed E-state index contributed by atoms with van der Waals surface area (Å²) >= 11 is 0. The molecule has 4 N–H and O–H groups in total. The highest BCUT2D eigenvalue weighted by atomic mass is 16.4. The molecule has 0 aliphatic carbocycles. The number of aliphatic carboxylic acids is 1. The molecule has 0 spiro atoms. The fraction of sp³-hybridized carbons (Fsp3) is 0.417. The first-order valence-corrected chi connectivity index (χ1v) is 5.37. The molecule has 0 radical (unpaired) electrons. The minimum Gasteiger partial charge on any atom is -0.504 e. The highest BCUT2D eigenvalue weighted by molar-refractivity contribution is 5.75. The van der Waals surface area contributed by atoms with Crippen LogP contribution in [0.5, 0.6) is 11.5 Å². The van der Waals surface area contributed by atoms with Gasteiger partial charge in [-0.1, -0.05) is 0 Å². The van der Waals surface area contributed by atoms with Crippen molar-refractivity contribution < 1.29 is 20.1 Å². The van der Waals surface area contributed by atoms with Gasteiger partial charge < -0.3 is 15.3 Å². The van der Waals surface area contributed by atoms with Gasteiger partial charge in [-0.2, -0.15) is 0 Å². The standard InChI is InChI=1S/C12H15NO4/c1-12(2)7-5-10(15)9(14)4-6(7)3-8(13-12)11(16)17/h4-5,8,13-15H,3H2,1-2H3,(H,16,17). The predicted octanol–water partition coefficient (Wildman–Crippen LogP) is 0.932. The summed E-state index contributed by atoms with van der Waals surface area (Å²) in [7, 11) is 0. The first-order valence-electron chi connectivity index (χ1n) is 5.37. The summed E-state index contributed by atoms with van der Waals surface area (Å²) in [5.41, 5.74) is 1.00. The second-order valence-corrected chi connectivity index (χ2v) is 4.86. The van der Waals surface area contributed by atoms with Crippen molar-refractivity contribution in [2.24, 2.45) is 0 Å². The van der Waals surface area contributed by atoms with Crippen molar-refractivity contribution in [3.63, 3.8) is 0 Å². The summed E-state index contributed by atoms with van der Waals surface area (Å²) < 4.78 is 0. The summed E-state index contributed by atoms with van der Waals surface area (Å²) in [6, 6.07) is 2.24. The number of rotatable bonds is 1. The monoisotopic (exact) mass is 237 g/mol. The topological polar surface area (TPSA) is 89.8 Å². The molecule has 0 bridgehead atoms. The van der Waals surface area contributed by atoms with Gasteiger partial charge in [0.05, 0.1) is 0 Å². The molecule has 0 aromatic heterocycles. The zero-order valence-electron chi connectivity index (χ0n) is 9.69. The van der Waals surface area contributed by atoms with E-state index >= 15 is 0 Å². The van der Waals surface area contributed by atoms with E-state index in [0.29, 0.717) is 6.42 Å². The lowest BCUT2D eigenvalue weighted by Gasteiger charge is -2.37. The first kappa shape index (κ1) is 11.7. The number of hydrogen-bond donors (Lipinski definition) is 4. The molecule has 1 atom stereocenters. The fourth-order valence-corrected chi connectivity index (χ4v) is 2.30. The van der Waals surface area contributed by atoms with Crippen molar-refractivity contribution in [2.45, 2.75) is 31.8 Å². The molecule has 0 amide bonds. The number of fused-ring (bicyclic) bond motifs is 1. The van der Waals surface area contributed by atoms with E-state index in [0.717, 1.165) is 11.1 Å². The molecule has 1 heterocycles. The van der Waals surface area contributed by atoms with E-state index in [-0.39, 0.29) is 11.5 Å². The molecule has 1 aromatic carbocycles. The zero-order chi connectivity index (χ0) is 12.8. The molecule has 1 aliphatic heterocycles. The van der Waals surface area contributed by atoms with E-state index in [1.165, 1.54) is 12.1 Å². The molecule has 5 nitrogen and oxygen atoms in total. The molecule has 2 rings (SSSR count). The maximum absolute atomic E-state index is 11.0. The predicted molar refractivity (Wildman–Crippen MR) is 61.1 cm³/mol. The number of carboxylic acids is 1. The molecule has 17 heavy (non-hydrogen) atoms. The minimum absolute atomic E-state index is 0.188. The van der Waals surface area contributed by atoms with Crippen LogP contribution >= 0.6 is 0 Å². The molecular weight excluding hydrogens is 222 g/mol. The van der Waals surface area contributed by atoms with Gasteiger partial charge in [0.2, 0.25) is 0 Å². The smallest absolute Gasteiger partial charge is 0.321 e. The van der Waals surface area contributed by atoms with E-state index < -0.39 is 17.6 Å². The van der Waals surface area contributed by atoms with Crippen LogP contribution in [-0.4, -0.2) is 27.3 Å². The lowest BCUT2D eigenvalue weighted by Crippen LogP contribution is -2.52. The highest BCUT2D eigenvalue weighted by Gasteiger charge is 2.36. The molecule has 92 valence electrons. The van der Waals surface area contributed by atoms with E-state index in [4.69, 9.17) is 5.11 Å². The Kier molecular flexibility index (Phi) is 2.50. The van der Waals surface area contributed by atoms with Crippen LogP contribution < -0.4 is 5.32 Å². The molecule has 0 saturated heterocycles. The number of benzene rings is 1. The summed E-state index contributed by atoms with van der Waals surface area (Å²) in [6.07, 6.45) is 0.294. The SMILES string of the molecule is CC1(C)NC(C(=O)O)Cc2cc(O)c(O)cc21. The highest BCUT2D eigenvalue weighted by Crippen LogP contribution is 2.37. The van der Waals surface area contributed by atoms with Gasteiger partial charge in [-0.25, -0.2) is 0 Å². The van der Waals surface area contributed by atoms with Crippen molar-refractivity contribution in [3.05, 3.63) is 23.3 Å². The van der Waals surface area contributed by atoms with E-state index in [9.17, 15) is 15.0 Å². The van der Waals surface area contributed by atoms with Crippen molar-refractivity contribution in [1.29, 1.82) is 0 Å². The zero-order valence-corrected chi connectivity index (χ0v) is 9.69. The number of aromatic hydroxyl groups is 2. The average Bonchev–Trinajstić information content (AvgIpc) is 2.20. The van der Waals surface area contributed by atoms with E-state index in [2.05, 4.69) is 5.32 Å². The summed E-state index contributed by atoms with van der Waals surface area (Å²) in [5.74, 6) is -1.32. The maximum atomic E-state index is 11.0. The first-order chi connectivity index (χ1) is 7.81. The van der Waals surface area contributed by atoms with Crippen LogP contribution in [0.15, 0.2) is 12.1 Å². The summed E-state index contributed by atoms with van der Waals surface area (Å²) in [5, 5.41) is 31.0. The third-order valence-corrected chi connectivity index (χ3v) is 3.13. The Labute approximate surface area is 98.7 Å². The van der Waals surface area contributed by atoms with Gasteiger partial charge in [-0.05, 0) is 43.5 Å². The van der Waals surface area contributed by atoms with Crippen LogP contribution in [0.1, 0.15) is 25.0 Å². The Morgan fingerprint density at radius 3 is 2.53 bits per heavy atom. The fourth-order valence-electron chi connectivity index (χ4n) is 2.30. The molecule has 0 saturated carbocycles. The molecule has 5 heteroatoms. The normalized spacial score (nSPS) is 21.9. The van der Waals surface area contributed by atoms with Gasteiger partial charge in [0.15, 0.2) is 11.5 Å². The Hall–Kier alpha value is -1.75. The van der Waals surface area contributed by atoms with Gasteiger partial charge in [0, 0.05) is 5.54 Å². The van der Waals surface area contributed by atoms with Gasteiger partial charge >= 0.3 is 5.97 Å². The minimum atomic E-state index is -0.920. The second kappa shape index (κ2) is 3.63. The quantitative estimate of drug-likeness (QED) is 0.546. The van der Waals surface area contributed by atoms with Crippen LogP contribution in [0.25, 0.3) is 0 Å². The molecule has 1 aliphatic rings. The van der Waals surface area contributed by atoms with Crippen LogP contribution in [-0.2, 0) is 16.8 Å². The Bertz CT molecular complexity index is 482. The van der Waals surface area contributed by atoms with Crippen molar-refractivity contribution >= 4 is 5.97 Å². The number of nitrogens with one attached hydrogen (secondary N) is 1. The molecule has 1 aromatic rings. The summed E-state index contributed by atoms with van der Waals surface area (Å²) in [6.45, 7) is 3.69. The number of carboxylic acid groups (broad SMARTS) is 1. The largest absolute Gasteiger partial charge is 0.504 e. The van der Waals surface area contributed by atoms with E-state index in [1.54, 1.807) is 0 Å². The van der Waals surface area contributed by atoms with Crippen LogP contribution in [0, 0.1) is 0 Å². The Morgan fingerprint density at radius 1 is 1.35 bits per heavy atom. The summed E-state index contributed by atoms with van der Waals surface area (Å²) in [4.78, 5) is 11.0. The van der Waals surface area contributed by atoms with Crippen molar-refractivity contribution in [2.75, 3.05) is 0 Å². The maximum Gasteiger partial charge on any atom is 0.321 e. The lowest BCUT2D eigenvalue weighted by molar-refractivity contribution is -0.140. The second-order valence-electron chi connectivity index (χ2n) is 4.86. The van der Waals surface area contributed by atoms with E-state index in [1.807, 2.05) is 13.8 Å². The molecule has 1 unspecified atom stereocenters. The average molecular weight is 237 g/mol. The number of hydrogen-bond acceptors (Lipinski definition) is 4.